The quantitative estimate of drug-likeness (QED) is 0.901. The average Bonchev–Trinajstić information content (AvgIpc) is 2.38. The van der Waals surface area contributed by atoms with E-state index in [-0.39, 0.29) is 18.9 Å². The largest absolute Gasteiger partial charge is 0.344 e. The van der Waals surface area contributed by atoms with Crippen LogP contribution in [0.25, 0.3) is 0 Å². The lowest BCUT2D eigenvalue weighted by molar-refractivity contribution is -0.132. The van der Waals surface area contributed by atoms with E-state index in [1.54, 1.807) is 7.05 Å². The summed E-state index contributed by atoms with van der Waals surface area (Å²) in [6, 6.07) is 2.77. The molecule has 1 fully saturated rings. The third-order valence-corrected chi connectivity index (χ3v) is 4.73. The van der Waals surface area contributed by atoms with E-state index in [0.717, 1.165) is 12.1 Å². The van der Waals surface area contributed by atoms with Crippen molar-refractivity contribution in [1.82, 2.24) is 9.62 Å². The molecule has 1 amide bonds. The zero-order chi connectivity index (χ0) is 15.6. The van der Waals surface area contributed by atoms with Gasteiger partial charge in [0.15, 0.2) is 0 Å². The topological polar surface area (TPSA) is 66.5 Å². The third kappa shape index (κ3) is 3.98. The number of halogens is 2. The van der Waals surface area contributed by atoms with Gasteiger partial charge in [-0.05, 0) is 18.6 Å². The van der Waals surface area contributed by atoms with Gasteiger partial charge in [0, 0.05) is 31.6 Å². The molecule has 0 bridgehead atoms. The summed E-state index contributed by atoms with van der Waals surface area (Å²) < 4.78 is 53.4. The summed E-state index contributed by atoms with van der Waals surface area (Å²) in [5.41, 5.74) is -0.481. The molecule has 8 heteroatoms. The number of amides is 1. The number of sulfonamides is 1. The normalized spacial score (nSPS) is 19.9. The maximum atomic E-state index is 13.5. The van der Waals surface area contributed by atoms with Crippen molar-refractivity contribution in [3.8, 4) is 0 Å². The molecule has 0 aromatic heterocycles. The summed E-state index contributed by atoms with van der Waals surface area (Å²) in [4.78, 5) is 12.8. The second-order valence-corrected chi connectivity index (χ2v) is 6.84. The highest BCUT2D eigenvalue weighted by Crippen LogP contribution is 2.16. The molecule has 1 aliphatic heterocycles. The van der Waals surface area contributed by atoms with Crippen molar-refractivity contribution in [2.45, 2.75) is 24.6 Å². The van der Waals surface area contributed by atoms with Gasteiger partial charge in [0.25, 0.3) is 0 Å². The van der Waals surface area contributed by atoms with Crippen LogP contribution in [0.3, 0.4) is 0 Å². The molecule has 1 aromatic rings. The average molecular weight is 318 g/mol. The first-order chi connectivity index (χ1) is 9.78. The highest BCUT2D eigenvalue weighted by Gasteiger charge is 2.27. The van der Waals surface area contributed by atoms with Crippen molar-refractivity contribution in [2.75, 3.05) is 13.6 Å². The van der Waals surface area contributed by atoms with Crippen LogP contribution in [0.2, 0.25) is 0 Å². The van der Waals surface area contributed by atoms with Crippen molar-refractivity contribution in [1.29, 1.82) is 0 Å². The second-order valence-electron chi connectivity index (χ2n) is 5.09. The number of carbonyl (C=O) groups is 1. The molecule has 1 atom stereocenters. The molecule has 21 heavy (non-hydrogen) atoms. The molecular formula is C13H16F2N2O3S. The molecule has 1 saturated heterocycles. The molecular weight excluding hydrogens is 302 g/mol. The van der Waals surface area contributed by atoms with Crippen LogP contribution in [0.4, 0.5) is 8.78 Å². The van der Waals surface area contributed by atoms with Gasteiger partial charge in [0.2, 0.25) is 15.9 Å². The van der Waals surface area contributed by atoms with Crippen molar-refractivity contribution in [3.63, 3.8) is 0 Å². The van der Waals surface area contributed by atoms with E-state index in [2.05, 4.69) is 4.72 Å². The first kappa shape index (κ1) is 15.8. The Balaban J connectivity index is 2.07. The molecule has 1 aliphatic rings. The number of likely N-dealkylation sites (tertiary alicyclic amines) is 1. The highest BCUT2D eigenvalue weighted by atomic mass is 32.2. The SMILES string of the molecule is CN1C[C@H](NS(=O)(=O)Cc2c(F)cccc2F)CCC1=O. The zero-order valence-electron chi connectivity index (χ0n) is 11.5. The Morgan fingerprint density at radius 1 is 1.33 bits per heavy atom. The van der Waals surface area contributed by atoms with E-state index in [4.69, 9.17) is 0 Å². The Morgan fingerprint density at radius 3 is 2.52 bits per heavy atom. The van der Waals surface area contributed by atoms with Crippen LogP contribution in [0.5, 0.6) is 0 Å². The number of hydrogen-bond donors (Lipinski definition) is 1. The monoisotopic (exact) mass is 318 g/mol. The van der Waals surface area contributed by atoms with Gasteiger partial charge in [-0.3, -0.25) is 4.79 Å². The van der Waals surface area contributed by atoms with Crippen molar-refractivity contribution < 1.29 is 22.0 Å². The third-order valence-electron chi connectivity index (χ3n) is 3.37. The standard InChI is InChI=1S/C13H16F2N2O3S/c1-17-7-9(5-6-13(17)18)16-21(19,20)8-10-11(14)3-2-4-12(10)15/h2-4,9,16H,5-8H2,1H3/t9-/m1/s1. The summed E-state index contributed by atoms with van der Waals surface area (Å²) in [6.07, 6.45) is 0.625. The van der Waals surface area contributed by atoms with Gasteiger partial charge in [-0.1, -0.05) is 6.07 Å². The van der Waals surface area contributed by atoms with Crippen LogP contribution in [0.15, 0.2) is 18.2 Å². The summed E-state index contributed by atoms with van der Waals surface area (Å²) in [7, 11) is -2.31. The van der Waals surface area contributed by atoms with Gasteiger partial charge < -0.3 is 4.90 Å². The summed E-state index contributed by atoms with van der Waals surface area (Å²) in [5.74, 6) is -2.60. The summed E-state index contributed by atoms with van der Waals surface area (Å²) in [5, 5.41) is 0. The lowest BCUT2D eigenvalue weighted by atomic mass is 10.1. The number of nitrogens with one attached hydrogen (secondary N) is 1. The molecule has 0 radical (unpaired) electrons. The van der Waals surface area contributed by atoms with Gasteiger partial charge in [-0.25, -0.2) is 21.9 Å². The van der Waals surface area contributed by atoms with Crippen molar-refractivity contribution in [2.24, 2.45) is 0 Å². The predicted molar refractivity (Wildman–Crippen MR) is 72.8 cm³/mol. The van der Waals surface area contributed by atoms with E-state index in [9.17, 15) is 22.0 Å². The number of benzene rings is 1. The minimum absolute atomic E-state index is 0.0504. The summed E-state index contributed by atoms with van der Waals surface area (Å²) in [6.45, 7) is 0.248. The maximum absolute atomic E-state index is 13.5. The molecule has 2 rings (SSSR count). The number of carbonyl (C=O) groups excluding carboxylic acids is 1. The highest BCUT2D eigenvalue weighted by molar-refractivity contribution is 7.88. The van der Waals surface area contributed by atoms with Gasteiger partial charge in [-0.15, -0.1) is 0 Å². The van der Waals surface area contributed by atoms with Gasteiger partial charge in [0.05, 0.1) is 5.75 Å². The number of piperidine rings is 1. The first-order valence-electron chi connectivity index (χ1n) is 6.45. The fourth-order valence-electron chi connectivity index (χ4n) is 2.26. The summed E-state index contributed by atoms with van der Waals surface area (Å²) >= 11 is 0. The Labute approximate surface area is 122 Å². The Hall–Kier alpha value is -1.54. The fraction of sp³-hybridized carbons (Fsp3) is 0.462. The lowest BCUT2D eigenvalue weighted by Crippen LogP contribution is -2.48. The number of nitrogens with zero attached hydrogens (tertiary/aromatic N) is 1. The maximum Gasteiger partial charge on any atom is 0.222 e. The number of hydrogen-bond acceptors (Lipinski definition) is 3. The predicted octanol–water partition coefficient (Wildman–Crippen LogP) is 1.00. The smallest absolute Gasteiger partial charge is 0.222 e. The fourth-order valence-corrected chi connectivity index (χ4v) is 3.70. The van der Waals surface area contributed by atoms with Crippen molar-refractivity contribution in [3.05, 3.63) is 35.4 Å². The minimum Gasteiger partial charge on any atom is -0.344 e. The van der Waals surface area contributed by atoms with Crippen LogP contribution >= 0.6 is 0 Å². The number of likely N-dealkylation sites (N-methyl/N-ethyl adjacent to an activating group) is 1. The van der Waals surface area contributed by atoms with Crippen LogP contribution in [0.1, 0.15) is 18.4 Å². The van der Waals surface area contributed by atoms with Crippen LogP contribution in [0, 0.1) is 11.6 Å². The zero-order valence-corrected chi connectivity index (χ0v) is 12.3. The van der Waals surface area contributed by atoms with E-state index in [0.29, 0.717) is 6.42 Å². The molecule has 0 aliphatic carbocycles. The van der Waals surface area contributed by atoms with E-state index >= 15 is 0 Å². The minimum atomic E-state index is -3.89. The van der Waals surface area contributed by atoms with Crippen LogP contribution in [-0.4, -0.2) is 38.9 Å². The Kier molecular flexibility index (Phi) is 4.58. The Morgan fingerprint density at radius 2 is 1.95 bits per heavy atom. The second kappa shape index (κ2) is 6.07. The first-order valence-corrected chi connectivity index (χ1v) is 8.10. The van der Waals surface area contributed by atoms with E-state index in [1.165, 1.54) is 11.0 Å². The number of rotatable bonds is 4. The molecule has 1 heterocycles. The van der Waals surface area contributed by atoms with Crippen molar-refractivity contribution >= 4 is 15.9 Å². The molecule has 5 nitrogen and oxygen atoms in total. The molecule has 0 unspecified atom stereocenters. The molecule has 0 spiro atoms. The molecule has 1 aromatic carbocycles. The van der Waals surface area contributed by atoms with E-state index in [1.807, 2.05) is 0 Å². The van der Waals surface area contributed by atoms with Gasteiger partial charge >= 0.3 is 0 Å². The van der Waals surface area contributed by atoms with Crippen LogP contribution < -0.4 is 4.72 Å². The van der Waals surface area contributed by atoms with E-state index < -0.39 is 39.0 Å². The van der Waals surface area contributed by atoms with Gasteiger partial charge in [-0.2, -0.15) is 0 Å². The Bertz CT molecular complexity index is 629. The molecule has 116 valence electrons. The van der Waals surface area contributed by atoms with Crippen LogP contribution in [-0.2, 0) is 20.6 Å². The lowest BCUT2D eigenvalue weighted by Gasteiger charge is -2.29. The molecule has 0 saturated carbocycles. The molecule has 1 N–H and O–H groups in total. The van der Waals surface area contributed by atoms with Gasteiger partial charge in [0.1, 0.15) is 11.6 Å².